The van der Waals surface area contributed by atoms with Gasteiger partial charge >= 0.3 is 0 Å². The number of allylic oxidation sites excluding steroid dienone is 2. The highest BCUT2D eigenvalue weighted by Gasteiger charge is 1.99. The molecule has 2 rings (SSSR count). The zero-order valence-corrected chi connectivity index (χ0v) is 8.89. The molecule has 0 amide bonds. The van der Waals surface area contributed by atoms with Gasteiger partial charge in [0.15, 0.2) is 0 Å². The van der Waals surface area contributed by atoms with Crippen LogP contribution in [0.4, 0.5) is 0 Å². The Kier molecular flexibility index (Phi) is 3.42. The van der Waals surface area contributed by atoms with Crippen molar-refractivity contribution in [3.63, 3.8) is 0 Å². The van der Waals surface area contributed by atoms with E-state index in [1.165, 1.54) is 0 Å². The predicted octanol–water partition coefficient (Wildman–Crippen LogP) is 2.24. The predicted molar refractivity (Wildman–Crippen MR) is 64.7 cm³/mol. The molecule has 0 radical (unpaired) electrons. The molecule has 1 aliphatic carbocycles. The maximum Gasteiger partial charge on any atom is 0.127 e. The van der Waals surface area contributed by atoms with E-state index in [1.807, 2.05) is 48.6 Å². The zero-order chi connectivity index (χ0) is 11.2. The van der Waals surface area contributed by atoms with Crippen molar-refractivity contribution in [3.05, 3.63) is 54.3 Å². The molecule has 1 aromatic rings. The van der Waals surface area contributed by atoms with E-state index in [0.717, 1.165) is 11.5 Å². The van der Waals surface area contributed by atoms with Gasteiger partial charge in [-0.05, 0) is 24.3 Å². The lowest BCUT2D eigenvalue weighted by Crippen LogP contribution is -2.14. The van der Waals surface area contributed by atoms with E-state index in [0.29, 0.717) is 6.42 Å². The molecule has 0 saturated heterocycles. The van der Waals surface area contributed by atoms with Gasteiger partial charge in [-0.2, -0.15) is 0 Å². The van der Waals surface area contributed by atoms with Gasteiger partial charge in [-0.25, -0.2) is 0 Å². The van der Waals surface area contributed by atoms with E-state index in [2.05, 4.69) is 11.8 Å². The van der Waals surface area contributed by atoms with Crippen molar-refractivity contribution in [3.8, 4) is 17.6 Å². The van der Waals surface area contributed by atoms with Gasteiger partial charge < -0.3 is 10.5 Å². The lowest BCUT2D eigenvalue weighted by Gasteiger charge is -2.07. The third-order valence-corrected chi connectivity index (χ3v) is 2.12. The average Bonchev–Trinajstić information content (AvgIpc) is 2.30. The van der Waals surface area contributed by atoms with Gasteiger partial charge in [-0.3, -0.25) is 0 Å². The van der Waals surface area contributed by atoms with Crippen molar-refractivity contribution >= 4 is 0 Å². The first kappa shape index (κ1) is 10.5. The Morgan fingerprint density at radius 3 is 2.88 bits per heavy atom. The summed E-state index contributed by atoms with van der Waals surface area (Å²) in [7, 11) is 0. The van der Waals surface area contributed by atoms with Crippen molar-refractivity contribution in [2.45, 2.75) is 12.5 Å². The monoisotopic (exact) mass is 211 g/mol. The Hall–Kier alpha value is -1.98. The van der Waals surface area contributed by atoms with Crippen LogP contribution in [0.3, 0.4) is 0 Å². The van der Waals surface area contributed by atoms with Crippen molar-refractivity contribution in [1.82, 2.24) is 0 Å². The summed E-state index contributed by atoms with van der Waals surface area (Å²) < 4.78 is 5.69. The van der Waals surface area contributed by atoms with Gasteiger partial charge in [-0.15, -0.1) is 0 Å². The van der Waals surface area contributed by atoms with Gasteiger partial charge in [0.05, 0.1) is 6.04 Å². The molecule has 2 N–H and O–H groups in total. The van der Waals surface area contributed by atoms with Crippen LogP contribution in [0.15, 0.2) is 54.3 Å². The van der Waals surface area contributed by atoms with E-state index in [-0.39, 0.29) is 6.04 Å². The summed E-state index contributed by atoms with van der Waals surface area (Å²) in [5.74, 6) is 7.49. The SMILES string of the molecule is NC1C#CC/C=C(Oc2ccccc2)\C=C/1. The number of hydrogen-bond donors (Lipinski definition) is 1. The largest absolute Gasteiger partial charge is 0.458 e. The maximum absolute atomic E-state index is 5.72. The van der Waals surface area contributed by atoms with Crippen molar-refractivity contribution in [2.75, 3.05) is 0 Å². The molecular weight excluding hydrogens is 198 g/mol. The summed E-state index contributed by atoms with van der Waals surface area (Å²) in [4.78, 5) is 0. The Bertz CT molecular complexity index is 463. The summed E-state index contributed by atoms with van der Waals surface area (Å²) in [6.07, 6.45) is 6.31. The van der Waals surface area contributed by atoms with Crippen LogP contribution in [0.1, 0.15) is 6.42 Å². The molecule has 1 unspecified atom stereocenters. The molecule has 1 atom stereocenters. The number of ether oxygens (including phenoxy) is 1. The molecule has 0 saturated carbocycles. The molecule has 16 heavy (non-hydrogen) atoms. The minimum atomic E-state index is -0.205. The second-order valence-electron chi connectivity index (χ2n) is 3.43. The third kappa shape index (κ3) is 3.01. The van der Waals surface area contributed by atoms with Crippen molar-refractivity contribution in [2.24, 2.45) is 5.73 Å². The average molecular weight is 211 g/mol. The van der Waals surface area contributed by atoms with Crippen LogP contribution < -0.4 is 10.5 Å². The van der Waals surface area contributed by atoms with Gasteiger partial charge in [0.1, 0.15) is 11.5 Å². The lowest BCUT2D eigenvalue weighted by molar-refractivity contribution is 0.442. The number of hydrogen-bond acceptors (Lipinski definition) is 2. The lowest BCUT2D eigenvalue weighted by atomic mass is 10.2. The van der Waals surface area contributed by atoms with Gasteiger partial charge in [0.2, 0.25) is 0 Å². The number of nitrogens with two attached hydrogens (primary N) is 1. The normalized spacial score (nSPS) is 24.1. The Morgan fingerprint density at radius 2 is 2.06 bits per heavy atom. The second kappa shape index (κ2) is 5.20. The van der Waals surface area contributed by atoms with Crippen LogP contribution in [0, 0.1) is 11.8 Å². The molecule has 1 aromatic carbocycles. The van der Waals surface area contributed by atoms with E-state index >= 15 is 0 Å². The summed E-state index contributed by atoms with van der Waals surface area (Å²) in [5, 5.41) is 0. The fraction of sp³-hybridized carbons (Fsp3) is 0.143. The van der Waals surface area contributed by atoms with E-state index < -0.39 is 0 Å². The van der Waals surface area contributed by atoms with Crippen LogP contribution in [-0.2, 0) is 0 Å². The van der Waals surface area contributed by atoms with Crippen LogP contribution in [0.25, 0.3) is 0 Å². The maximum atomic E-state index is 5.72. The Morgan fingerprint density at radius 1 is 1.25 bits per heavy atom. The number of benzene rings is 1. The summed E-state index contributed by atoms with van der Waals surface area (Å²) in [6, 6.07) is 9.46. The molecule has 0 spiro atoms. The second-order valence-corrected chi connectivity index (χ2v) is 3.43. The van der Waals surface area contributed by atoms with Gasteiger partial charge in [0.25, 0.3) is 0 Å². The van der Waals surface area contributed by atoms with Crippen molar-refractivity contribution in [1.29, 1.82) is 0 Å². The van der Waals surface area contributed by atoms with E-state index in [1.54, 1.807) is 0 Å². The van der Waals surface area contributed by atoms with E-state index in [4.69, 9.17) is 10.5 Å². The fourth-order valence-corrected chi connectivity index (χ4v) is 1.34. The van der Waals surface area contributed by atoms with Crippen LogP contribution in [0.5, 0.6) is 5.75 Å². The molecule has 0 aromatic heterocycles. The zero-order valence-electron chi connectivity index (χ0n) is 8.89. The number of para-hydroxylation sites is 1. The minimum absolute atomic E-state index is 0.205. The molecule has 0 aliphatic heterocycles. The van der Waals surface area contributed by atoms with Crippen LogP contribution in [0.2, 0.25) is 0 Å². The molecule has 0 bridgehead atoms. The molecule has 2 heteroatoms. The quantitative estimate of drug-likeness (QED) is 0.761. The molecule has 80 valence electrons. The summed E-state index contributed by atoms with van der Waals surface area (Å²) >= 11 is 0. The van der Waals surface area contributed by atoms with Crippen molar-refractivity contribution < 1.29 is 4.74 Å². The fourth-order valence-electron chi connectivity index (χ4n) is 1.34. The Labute approximate surface area is 95.4 Å². The summed E-state index contributed by atoms with van der Waals surface area (Å²) in [5.41, 5.74) is 5.72. The molecule has 0 heterocycles. The third-order valence-electron chi connectivity index (χ3n) is 2.12. The Balaban J connectivity index is 2.11. The highest BCUT2D eigenvalue weighted by Crippen LogP contribution is 2.14. The molecular formula is C14H13NO. The highest BCUT2D eigenvalue weighted by atomic mass is 16.5. The topological polar surface area (TPSA) is 35.2 Å². The first-order valence-electron chi connectivity index (χ1n) is 5.20. The first-order chi connectivity index (χ1) is 7.84. The molecule has 1 aliphatic rings. The highest BCUT2D eigenvalue weighted by molar-refractivity contribution is 5.30. The van der Waals surface area contributed by atoms with Crippen LogP contribution in [-0.4, -0.2) is 6.04 Å². The smallest absolute Gasteiger partial charge is 0.127 e. The van der Waals surface area contributed by atoms with E-state index in [9.17, 15) is 0 Å². The van der Waals surface area contributed by atoms with Crippen LogP contribution >= 0.6 is 0 Å². The minimum Gasteiger partial charge on any atom is -0.458 e. The molecule has 0 fully saturated rings. The van der Waals surface area contributed by atoms with Gasteiger partial charge in [0, 0.05) is 6.42 Å². The first-order valence-corrected chi connectivity index (χ1v) is 5.20. The molecule has 2 nitrogen and oxygen atoms in total. The standard InChI is InChI=1S/C14H13NO/c15-12-6-4-5-9-14(11-10-12)16-13-7-2-1-3-8-13/h1-3,7-12H,5,15H2/b11-10-,14-9+. The number of rotatable bonds is 2. The van der Waals surface area contributed by atoms with Gasteiger partial charge in [-0.1, -0.05) is 36.1 Å². The summed E-state index contributed by atoms with van der Waals surface area (Å²) in [6.45, 7) is 0.